The van der Waals surface area contributed by atoms with Crippen molar-refractivity contribution in [3.63, 3.8) is 0 Å². The maximum absolute atomic E-state index is 14.0. The standard InChI is InChI=1S/C13H20F2N4O/c1-16-12-10(14)5-11(15)13(17-12)19-7-9(20)4-8(19)6-18(2)3/h5,8-9,20H,4,6-7H2,1-3H3,(H,16,17). The van der Waals surface area contributed by atoms with Gasteiger partial charge in [0.15, 0.2) is 23.3 Å². The molecule has 0 radical (unpaired) electrons. The summed E-state index contributed by atoms with van der Waals surface area (Å²) in [5, 5.41) is 12.4. The molecule has 0 aliphatic carbocycles. The van der Waals surface area contributed by atoms with Gasteiger partial charge < -0.3 is 20.2 Å². The Balaban J connectivity index is 2.33. The average molecular weight is 286 g/mol. The molecule has 1 aromatic heterocycles. The predicted octanol–water partition coefficient (Wildman–Crippen LogP) is 0.903. The number of aliphatic hydroxyl groups is 1. The number of pyridine rings is 1. The first-order valence-corrected chi connectivity index (χ1v) is 6.55. The van der Waals surface area contributed by atoms with E-state index in [1.807, 2.05) is 19.0 Å². The molecule has 2 N–H and O–H groups in total. The van der Waals surface area contributed by atoms with Gasteiger partial charge in [-0.25, -0.2) is 13.8 Å². The van der Waals surface area contributed by atoms with Crippen molar-refractivity contribution in [2.45, 2.75) is 18.6 Å². The van der Waals surface area contributed by atoms with Crippen LogP contribution in [-0.2, 0) is 0 Å². The Bertz CT molecular complexity index is 484. The lowest BCUT2D eigenvalue weighted by molar-refractivity contribution is 0.191. The minimum absolute atomic E-state index is 0.00592. The highest BCUT2D eigenvalue weighted by Crippen LogP contribution is 2.29. The average Bonchev–Trinajstić information content (AvgIpc) is 2.69. The second kappa shape index (κ2) is 5.88. The number of nitrogens with one attached hydrogen (secondary N) is 1. The van der Waals surface area contributed by atoms with Crippen LogP contribution < -0.4 is 10.2 Å². The van der Waals surface area contributed by atoms with Crippen LogP contribution in [0.2, 0.25) is 0 Å². The smallest absolute Gasteiger partial charge is 0.168 e. The van der Waals surface area contributed by atoms with Crippen molar-refractivity contribution in [2.75, 3.05) is 44.4 Å². The molecule has 0 aromatic carbocycles. The number of likely N-dealkylation sites (N-methyl/N-ethyl adjacent to an activating group) is 1. The molecule has 2 heterocycles. The van der Waals surface area contributed by atoms with Crippen LogP contribution in [0.5, 0.6) is 0 Å². The van der Waals surface area contributed by atoms with Crippen molar-refractivity contribution in [1.29, 1.82) is 0 Å². The zero-order chi connectivity index (χ0) is 14.9. The van der Waals surface area contributed by atoms with E-state index in [2.05, 4.69) is 10.3 Å². The Hall–Kier alpha value is -1.47. The molecule has 1 fully saturated rings. The van der Waals surface area contributed by atoms with Crippen LogP contribution in [0, 0.1) is 11.6 Å². The molecule has 20 heavy (non-hydrogen) atoms. The summed E-state index contributed by atoms with van der Waals surface area (Å²) in [4.78, 5) is 7.68. The third-order valence-corrected chi connectivity index (χ3v) is 3.39. The molecule has 2 unspecified atom stereocenters. The highest BCUT2D eigenvalue weighted by atomic mass is 19.1. The topological polar surface area (TPSA) is 51.6 Å². The fraction of sp³-hybridized carbons (Fsp3) is 0.615. The molecule has 1 aliphatic rings. The van der Waals surface area contributed by atoms with Crippen LogP contribution in [0.4, 0.5) is 20.4 Å². The minimum atomic E-state index is -0.724. The van der Waals surface area contributed by atoms with Gasteiger partial charge in [0.1, 0.15) is 0 Å². The van der Waals surface area contributed by atoms with Crippen LogP contribution in [0.1, 0.15) is 6.42 Å². The quantitative estimate of drug-likeness (QED) is 0.861. The van der Waals surface area contributed by atoms with Crippen molar-refractivity contribution in [1.82, 2.24) is 9.88 Å². The molecule has 2 rings (SSSR count). The molecule has 5 nitrogen and oxygen atoms in total. The summed E-state index contributed by atoms with van der Waals surface area (Å²) < 4.78 is 27.4. The maximum atomic E-state index is 14.0. The summed E-state index contributed by atoms with van der Waals surface area (Å²) in [5.41, 5.74) is 0. The zero-order valence-electron chi connectivity index (χ0n) is 11.9. The maximum Gasteiger partial charge on any atom is 0.168 e. The summed E-state index contributed by atoms with van der Waals surface area (Å²) in [6.45, 7) is 0.974. The van der Waals surface area contributed by atoms with E-state index >= 15 is 0 Å². The number of nitrogens with zero attached hydrogens (tertiary/aromatic N) is 3. The van der Waals surface area contributed by atoms with E-state index in [9.17, 15) is 13.9 Å². The predicted molar refractivity (Wildman–Crippen MR) is 74.0 cm³/mol. The summed E-state index contributed by atoms with van der Waals surface area (Å²) >= 11 is 0. The first kappa shape index (κ1) is 14.9. The number of aromatic nitrogens is 1. The van der Waals surface area contributed by atoms with E-state index in [4.69, 9.17) is 0 Å². The van der Waals surface area contributed by atoms with E-state index in [0.29, 0.717) is 19.5 Å². The Labute approximate surface area is 117 Å². The van der Waals surface area contributed by atoms with Gasteiger partial charge in [0.25, 0.3) is 0 Å². The molecule has 0 bridgehead atoms. The molecular formula is C13H20F2N4O. The Kier molecular flexibility index (Phi) is 4.39. The molecule has 1 saturated heterocycles. The summed E-state index contributed by atoms with van der Waals surface area (Å²) in [6.07, 6.45) is 0.0233. The molecule has 2 atom stereocenters. The van der Waals surface area contributed by atoms with Gasteiger partial charge in [0, 0.05) is 32.2 Å². The van der Waals surface area contributed by atoms with Crippen molar-refractivity contribution >= 4 is 11.6 Å². The normalized spacial score (nSPS) is 22.6. The molecule has 1 aliphatic heterocycles. The van der Waals surface area contributed by atoms with Crippen molar-refractivity contribution in [3.05, 3.63) is 17.7 Å². The van der Waals surface area contributed by atoms with Crippen LogP contribution in [0.15, 0.2) is 6.07 Å². The van der Waals surface area contributed by atoms with E-state index < -0.39 is 17.7 Å². The van der Waals surface area contributed by atoms with E-state index in [0.717, 1.165) is 6.07 Å². The Morgan fingerprint density at radius 1 is 1.45 bits per heavy atom. The SMILES string of the molecule is CNc1nc(N2CC(O)CC2CN(C)C)c(F)cc1F. The van der Waals surface area contributed by atoms with Gasteiger partial charge in [-0.05, 0) is 20.5 Å². The lowest BCUT2D eigenvalue weighted by atomic mass is 10.2. The summed E-state index contributed by atoms with van der Waals surface area (Å²) in [5.74, 6) is -1.34. The lowest BCUT2D eigenvalue weighted by Gasteiger charge is -2.28. The molecule has 112 valence electrons. The summed E-state index contributed by atoms with van der Waals surface area (Å²) in [6, 6.07) is 0.781. The number of β-amino-alcohol motifs (C(OH)–C–C–N with tert-alkyl or cyclic N) is 1. The number of anilines is 2. The molecule has 0 saturated carbocycles. The van der Waals surface area contributed by atoms with Crippen LogP contribution in [0.3, 0.4) is 0 Å². The molecular weight excluding hydrogens is 266 g/mol. The fourth-order valence-electron chi connectivity index (χ4n) is 2.58. The molecule has 0 amide bonds. The van der Waals surface area contributed by atoms with Crippen molar-refractivity contribution in [3.8, 4) is 0 Å². The zero-order valence-corrected chi connectivity index (χ0v) is 11.9. The largest absolute Gasteiger partial charge is 0.391 e. The van der Waals surface area contributed by atoms with Gasteiger partial charge in [0.05, 0.1) is 6.10 Å². The molecule has 0 spiro atoms. The van der Waals surface area contributed by atoms with E-state index in [-0.39, 0.29) is 17.7 Å². The summed E-state index contributed by atoms with van der Waals surface area (Å²) in [7, 11) is 5.36. The third-order valence-electron chi connectivity index (χ3n) is 3.39. The number of hydrogen-bond donors (Lipinski definition) is 2. The van der Waals surface area contributed by atoms with Gasteiger partial charge >= 0.3 is 0 Å². The van der Waals surface area contributed by atoms with Crippen LogP contribution in [-0.4, -0.2) is 61.4 Å². The monoisotopic (exact) mass is 286 g/mol. The minimum Gasteiger partial charge on any atom is -0.391 e. The van der Waals surface area contributed by atoms with Crippen LogP contribution in [0.25, 0.3) is 0 Å². The van der Waals surface area contributed by atoms with E-state index in [1.165, 1.54) is 7.05 Å². The molecule has 7 heteroatoms. The molecule has 1 aromatic rings. The van der Waals surface area contributed by atoms with Crippen LogP contribution >= 0.6 is 0 Å². The van der Waals surface area contributed by atoms with Gasteiger partial charge in [-0.15, -0.1) is 0 Å². The second-order valence-corrected chi connectivity index (χ2v) is 5.33. The lowest BCUT2D eigenvalue weighted by Crippen LogP contribution is -2.38. The number of aliphatic hydroxyl groups excluding tert-OH is 1. The fourth-order valence-corrected chi connectivity index (χ4v) is 2.58. The first-order valence-electron chi connectivity index (χ1n) is 6.55. The number of rotatable bonds is 4. The third kappa shape index (κ3) is 2.99. The Morgan fingerprint density at radius 3 is 2.75 bits per heavy atom. The second-order valence-electron chi connectivity index (χ2n) is 5.33. The highest BCUT2D eigenvalue weighted by molar-refractivity contribution is 5.50. The highest BCUT2D eigenvalue weighted by Gasteiger charge is 2.34. The van der Waals surface area contributed by atoms with Gasteiger partial charge in [0.2, 0.25) is 0 Å². The van der Waals surface area contributed by atoms with Crippen molar-refractivity contribution < 1.29 is 13.9 Å². The Morgan fingerprint density at radius 2 is 2.15 bits per heavy atom. The van der Waals surface area contributed by atoms with Gasteiger partial charge in [-0.1, -0.05) is 0 Å². The number of halogens is 2. The van der Waals surface area contributed by atoms with E-state index in [1.54, 1.807) is 4.90 Å². The van der Waals surface area contributed by atoms with Crippen molar-refractivity contribution in [2.24, 2.45) is 0 Å². The van der Waals surface area contributed by atoms with Gasteiger partial charge in [-0.2, -0.15) is 0 Å². The first-order chi connectivity index (χ1) is 9.42. The van der Waals surface area contributed by atoms with Gasteiger partial charge in [-0.3, -0.25) is 0 Å². The number of hydrogen-bond acceptors (Lipinski definition) is 5.